The number of aromatic nitrogens is 2. The van der Waals surface area contributed by atoms with Gasteiger partial charge in [0, 0.05) is 5.56 Å². The molecular formula is C29H29BF3N3O6S. The lowest BCUT2D eigenvalue weighted by molar-refractivity contribution is -0.137. The largest absolute Gasteiger partial charge is 0.475 e. The minimum absolute atomic E-state index is 0.0928. The molecule has 0 aliphatic rings. The molecule has 0 spiro atoms. The molecule has 4 aromatic rings. The minimum atomic E-state index is -4.73. The van der Waals surface area contributed by atoms with Gasteiger partial charge >= 0.3 is 23.4 Å². The zero-order valence-corrected chi connectivity index (χ0v) is 24.0. The van der Waals surface area contributed by atoms with Crippen LogP contribution in [0, 0.1) is 5.92 Å². The van der Waals surface area contributed by atoms with Crippen LogP contribution in [0.2, 0.25) is 0 Å². The number of nitrogens with zero attached hydrogens (tertiary/aromatic N) is 2. The number of alkyl halides is 3. The Labute approximate surface area is 247 Å². The molecule has 1 heterocycles. The van der Waals surface area contributed by atoms with Gasteiger partial charge in [-0.3, -0.25) is 9.48 Å². The third kappa shape index (κ3) is 8.24. The number of carbonyl (C=O) groups is 1. The second kappa shape index (κ2) is 13.0. The Hall–Kier alpha value is -4.14. The van der Waals surface area contributed by atoms with E-state index >= 15 is 0 Å². The van der Waals surface area contributed by atoms with Gasteiger partial charge in [-0.2, -0.15) is 26.7 Å². The number of amides is 1. The standard InChI is InChI=1S/C29H29BF3N3O6S/c1-19(2)14-27(30(38)39)34-28(37)18-36-26(20-8-4-3-5-9-20)17-25(35-36)21-10-6-12-23(15-21)42-43(40,41)24-13-7-11-22(16-24)29(31,32)33/h3-13,15-17,19,27,38-39H,14,18H2,1-2H3,(H,34,37). The molecule has 0 fully saturated rings. The van der Waals surface area contributed by atoms with E-state index in [0.29, 0.717) is 29.4 Å². The van der Waals surface area contributed by atoms with Crippen molar-refractivity contribution in [1.29, 1.82) is 0 Å². The average Bonchev–Trinajstić information content (AvgIpc) is 3.36. The lowest BCUT2D eigenvalue weighted by Crippen LogP contribution is -2.48. The van der Waals surface area contributed by atoms with Crippen LogP contribution in [0.1, 0.15) is 25.8 Å². The average molecular weight is 615 g/mol. The fraction of sp³-hybridized carbons (Fsp3) is 0.241. The number of hydrogen-bond donors (Lipinski definition) is 3. The molecule has 3 N–H and O–H groups in total. The molecule has 1 unspecified atom stereocenters. The zero-order valence-electron chi connectivity index (χ0n) is 23.2. The van der Waals surface area contributed by atoms with Gasteiger partial charge in [0.2, 0.25) is 5.91 Å². The SMILES string of the molecule is CC(C)CC(NC(=O)Cn1nc(-c2cccc(OS(=O)(=O)c3cccc(C(F)(F)F)c3)c2)cc1-c1ccccc1)B(O)O. The Bertz CT molecular complexity index is 1680. The van der Waals surface area contributed by atoms with Gasteiger partial charge in [-0.15, -0.1) is 0 Å². The maximum absolute atomic E-state index is 13.1. The smallest absolute Gasteiger partial charge is 0.426 e. The highest BCUT2D eigenvalue weighted by atomic mass is 32.2. The molecule has 1 atom stereocenters. The van der Waals surface area contributed by atoms with Gasteiger partial charge in [0.25, 0.3) is 0 Å². The van der Waals surface area contributed by atoms with E-state index in [-0.39, 0.29) is 18.2 Å². The van der Waals surface area contributed by atoms with Gasteiger partial charge in [-0.05, 0) is 54.3 Å². The summed E-state index contributed by atoms with van der Waals surface area (Å²) < 4.78 is 71.6. The maximum atomic E-state index is 13.1. The third-order valence-electron chi connectivity index (χ3n) is 6.36. The lowest BCUT2D eigenvalue weighted by atomic mass is 9.75. The third-order valence-corrected chi connectivity index (χ3v) is 7.60. The van der Waals surface area contributed by atoms with Crippen LogP contribution in [0.4, 0.5) is 13.2 Å². The van der Waals surface area contributed by atoms with Crippen molar-refractivity contribution in [2.75, 3.05) is 0 Å². The van der Waals surface area contributed by atoms with Crippen LogP contribution in [0.3, 0.4) is 0 Å². The highest BCUT2D eigenvalue weighted by Gasteiger charge is 2.32. The van der Waals surface area contributed by atoms with Gasteiger partial charge in [-0.1, -0.05) is 62.4 Å². The van der Waals surface area contributed by atoms with E-state index in [1.54, 1.807) is 24.3 Å². The molecule has 14 heteroatoms. The van der Waals surface area contributed by atoms with Crippen LogP contribution in [0.15, 0.2) is 89.8 Å². The maximum Gasteiger partial charge on any atom is 0.475 e. The number of benzene rings is 3. The highest BCUT2D eigenvalue weighted by Crippen LogP contribution is 2.32. The fourth-order valence-electron chi connectivity index (χ4n) is 4.38. The molecule has 3 aromatic carbocycles. The summed E-state index contributed by atoms with van der Waals surface area (Å²) >= 11 is 0. The Morgan fingerprint density at radius 3 is 2.30 bits per heavy atom. The molecule has 43 heavy (non-hydrogen) atoms. The van der Waals surface area contributed by atoms with Crippen molar-refractivity contribution in [2.45, 2.75) is 43.8 Å². The first-order chi connectivity index (χ1) is 20.2. The molecule has 0 aliphatic carbocycles. The summed E-state index contributed by atoms with van der Waals surface area (Å²) in [6.07, 6.45) is -4.39. The van der Waals surface area contributed by atoms with Gasteiger partial charge in [-0.25, -0.2) is 0 Å². The van der Waals surface area contributed by atoms with Gasteiger partial charge in [0.1, 0.15) is 17.2 Å². The molecule has 4 rings (SSSR count). The summed E-state index contributed by atoms with van der Waals surface area (Å²) in [5.41, 5.74) is 0.928. The second-order valence-corrected chi connectivity index (χ2v) is 11.8. The van der Waals surface area contributed by atoms with E-state index in [2.05, 4.69) is 10.4 Å². The van der Waals surface area contributed by atoms with Crippen molar-refractivity contribution in [1.82, 2.24) is 15.1 Å². The predicted molar refractivity (Wildman–Crippen MR) is 154 cm³/mol. The zero-order chi connectivity index (χ0) is 31.4. The van der Waals surface area contributed by atoms with Crippen molar-refractivity contribution < 1.29 is 40.6 Å². The van der Waals surface area contributed by atoms with Crippen LogP contribution in [0.25, 0.3) is 22.5 Å². The number of hydrogen-bond acceptors (Lipinski definition) is 7. The summed E-state index contributed by atoms with van der Waals surface area (Å²) in [5, 5.41) is 26.6. The van der Waals surface area contributed by atoms with E-state index < -0.39 is 45.7 Å². The van der Waals surface area contributed by atoms with E-state index in [9.17, 15) is 36.4 Å². The van der Waals surface area contributed by atoms with Crippen LogP contribution in [0.5, 0.6) is 5.75 Å². The summed E-state index contributed by atoms with van der Waals surface area (Å²) in [6, 6.07) is 19.8. The van der Waals surface area contributed by atoms with E-state index in [0.717, 1.165) is 23.8 Å². The summed E-state index contributed by atoms with van der Waals surface area (Å²) in [6.45, 7) is 3.51. The lowest BCUT2D eigenvalue weighted by Gasteiger charge is -2.20. The molecule has 1 amide bonds. The number of rotatable bonds is 11. The Morgan fingerprint density at radius 2 is 1.65 bits per heavy atom. The van der Waals surface area contributed by atoms with Crippen LogP contribution < -0.4 is 9.50 Å². The van der Waals surface area contributed by atoms with Crippen LogP contribution >= 0.6 is 0 Å². The number of carbonyl (C=O) groups excluding carboxylic acids is 1. The van der Waals surface area contributed by atoms with Gasteiger partial charge in [0.15, 0.2) is 0 Å². The van der Waals surface area contributed by atoms with Crippen molar-refractivity contribution in [3.8, 4) is 28.3 Å². The van der Waals surface area contributed by atoms with Crippen LogP contribution in [-0.4, -0.2) is 47.2 Å². The molecule has 0 aliphatic heterocycles. The topological polar surface area (TPSA) is 131 Å². The molecule has 0 saturated carbocycles. The first-order valence-corrected chi connectivity index (χ1v) is 14.6. The first-order valence-electron chi connectivity index (χ1n) is 13.2. The van der Waals surface area contributed by atoms with Crippen molar-refractivity contribution in [3.05, 3.63) is 90.5 Å². The molecule has 0 saturated heterocycles. The summed E-state index contributed by atoms with van der Waals surface area (Å²) in [4.78, 5) is 12.3. The van der Waals surface area contributed by atoms with Gasteiger partial charge < -0.3 is 19.5 Å². The number of halogens is 3. The molecule has 0 bridgehead atoms. The molecule has 9 nitrogen and oxygen atoms in total. The predicted octanol–water partition coefficient (Wildman–Crippen LogP) is 4.55. The molecular weight excluding hydrogens is 586 g/mol. The number of nitrogens with one attached hydrogen (secondary N) is 1. The van der Waals surface area contributed by atoms with E-state index in [4.69, 9.17) is 4.18 Å². The fourth-order valence-corrected chi connectivity index (χ4v) is 5.35. The Morgan fingerprint density at radius 1 is 0.977 bits per heavy atom. The summed E-state index contributed by atoms with van der Waals surface area (Å²) in [7, 11) is -6.35. The van der Waals surface area contributed by atoms with E-state index in [1.807, 2.05) is 32.0 Å². The van der Waals surface area contributed by atoms with E-state index in [1.165, 1.54) is 22.9 Å². The molecule has 226 valence electrons. The van der Waals surface area contributed by atoms with Gasteiger partial charge in [0.05, 0.1) is 22.9 Å². The Balaban J connectivity index is 1.63. The van der Waals surface area contributed by atoms with Crippen molar-refractivity contribution in [3.63, 3.8) is 0 Å². The normalized spacial score (nSPS) is 12.7. The quantitative estimate of drug-likeness (QED) is 0.167. The van der Waals surface area contributed by atoms with Crippen molar-refractivity contribution in [2.24, 2.45) is 5.92 Å². The molecule has 0 radical (unpaired) electrons. The Kier molecular flexibility index (Phi) is 9.63. The first kappa shape index (κ1) is 31.8. The summed E-state index contributed by atoms with van der Waals surface area (Å²) in [5.74, 6) is -1.45. The second-order valence-electron chi connectivity index (χ2n) is 10.2. The van der Waals surface area contributed by atoms with Crippen molar-refractivity contribution >= 4 is 23.1 Å². The minimum Gasteiger partial charge on any atom is -0.426 e. The molecule has 1 aromatic heterocycles. The monoisotopic (exact) mass is 615 g/mol. The van der Waals surface area contributed by atoms with Crippen LogP contribution in [-0.2, 0) is 27.6 Å². The highest BCUT2D eigenvalue weighted by molar-refractivity contribution is 7.87.